The molecule has 8 heteroatoms. The van der Waals surface area contributed by atoms with Crippen LogP contribution in [0, 0.1) is 0 Å². The van der Waals surface area contributed by atoms with Gasteiger partial charge in [0.2, 0.25) is 0 Å². The molecule has 1 amide bonds. The molecule has 116 valence electrons. The molecule has 1 N–H and O–H groups in total. The number of amides is 1. The van der Waals surface area contributed by atoms with Gasteiger partial charge in [-0.2, -0.15) is 0 Å². The number of carboxylic acids is 1. The van der Waals surface area contributed by atoms with Gasteiger partial charge in [0, 0.05) is 24.9 Å². The maximum atomic E-state index is 12.4. The van der Waals surface area contributed by atoms with Crippen molar-refractivity contribution in [1.82, 2.24) is 19.7 Å². The summed E-state index contributed by atoms with van der Waals surface area (Å²) in [4.78, 5) is 24.5. The minimum absolute atomic E-state index is 0.217. The lowest BCUT2D eigenvalue weighted by molar-refractivity contribution is -0.137. The number of carbonyl (C=O) groups is 2. The average molecular weight is 304 g/mol. The van der Waals surface area contributed by atoms with E-state index in [1.165, 1.54) is 12.0 Å². The van der Waals surface area contributed by atoms with Crippen molar-refractivity contribution in [3.63, 3.8) is 0 Å². The van der Waals surface area contributed by atoms with Crippen LogP contribution in [0.1, 0.15) is 10.4 Å². The van der Waals surface area contributed by atoms with Gasteiger partial charge in [-0.25, -0.2) is 0 Å². The minimum atomic E-state index is -1.06. The number of aliphatic carboxylic acids is 1. The summed E-state index contributed by atoms with van der Waals surface area (Å²) in [5.74, 6) is -1.42. The molecule has 2 rings (SSSR count). The zero-order valence-corrected chi connectivity index (χ0v) is 12.0. The van der Waals surface area contributed by atoms with Gasteiger partial charge in [0.15, 0.2) is 0 Å². The first-order valence-corrected chi connectivity index (χ1v) is 6.57. The van der Waals surface area contributed by atoms with Gasteiger partial charge >= 0.3 is 5.97 Å². The van der Waals surface area contributed by atoms with E-state index in [4.69, 9.17) is 9.84 Å². The highest BCUT2D eigenvalue weighted by molar-refractivity contribution is 5.96. The normalized spacial score (nSPS) is 10.4. The third-order valence-electron chi connectivity index (χ3n) is 3.01. The number of hydrogen-bond donors (Lipinski definition) is 1. The van der Waals surface area contributed by atoms with E-state index in [1.807, 2.05) is 0 Å². The number of nitrogens with zero attached hydrogens (tertiary/aromatic N) is 4. The number of carbonyl (C=O) groups excluding carboxylic acids is 1. The summed E-state index contributed by atoms with van der Waals surface area (Å²) in [5.41, 5.74) is 1.22. The number of methoxy groups -OCH3 is 1. The Morgan fingerprint density at radius 2 is 1.86 bits per heavy atom. The zero-order chi connectivity index (χ0) is 15.9. The van der Waals surface area contributed by atoms with Gasteiger partial charge in [-0.3, -0.25) is 14.2 Å². The number of aromatic nitrogens is 3. The maximum absolute atomic E-state index is 12.4. The van der Waals surface area contributed by atoms with Crippen molar-refractivity contribution in [2.45, 2.75) is 0 Å². The van der Waals surface area contributed by atoms with E-state index < -0.39 is 5.97 Å². The lowest BCUT2D eigenvalue weighted by Gasteiger charge is -2.20. The van der Waals surface area contributed by atoms with Gasteiger partial charge < -0.3 is 14.7 Å². The standard InChI is InChI=1S/C14H16N4O4/c1-22-7-6-17(8-13(19)20)14(21)11-2-4-12(5-3-11)18-9-15-16-10-18/h2-5,9-10H,6-8H2,1H3,(H,19,20). The molecule has 0 fully saturated rings. The molecule has 2 aromatic rings. The smallest absolute Gasteiger partial charge is 0.323 e. The number of ether oxygens (including phenoxy) is 1. The van der Waals surface area contributed by atoms with Crippen molar-refractivity contribution in [1.29, 1.82) is 0 Å². The molecule has 0 bridgehead atoms. The Hall–Kier alpha value is -2.74. The highest BCUT2D eigenvalue weighted by Gasteiger charge is 2.18. The maximum Gasteiger partial charge on any atom is 0.323 e. The van der Waals surface area contributed by atoms with Gasteiger partial charge in [0.05, 0.1) is 6.61 Å². The molecule has 0 atom stereocenters. The first kappa shape index (κ1) is 15.6. The number of carboxylic acid groups (broad SMARTS) is 1. The van der Waals surface area contributed by atoms with Gasteiger partial charge in [0.1, 0.15) is 19.2 Å². The highest BCUT2D eigenvalue weighted by atomic mass is 16.5. The first-order chi connectivity index (χ1) is 10.6. The van der Waals surface area contributed by atoms with E-state index in [0.717, 1.165) is 5.69 Å². The van der Waals surface area contributed by atoms with E-state index in [9.17, 15) is 9.59 Å². The molecule has 1 aromatic carbocycles. The van der Waals surface area contributed by atoms with Crippen molar-refractivity contribution in [2.75, 3.05) is 26.8 Å². The van der Waals surface area contributed by atoms with Crippen molar-refractivity contribution >= 4 is 11.9 Å². The second kappa shape index (κ2) is 7.32. The topological polar surface area (TPSA) is 97.6 Å². The van der Waals surface area contributed by atoms with Crippen molar-refractivity contribution < 1.29 is 19.4 Å². The zero-order valence-electron chi connectivity index (χ0n) is 12.0. The summed E-state index contributed by atoms with van der Waals surface area (Å²) in [6, 6.07) is 6.76. The van der Waals surface area contributed by atoms with Gasteiger partial charge in [-0.05, 0) is 24.3 Å². The van der Waals surface area contributed by atoms with Crippen molar-refractivity contribution in [2.24, 2.45) is 0 Å². The Morgan fingerprint density at radius 3 is 2.41 bits per heavy atom. The molecule has 0 aliphatic carbocycles. The molecule has 0 saturated carbocycles. The Labute approximate surface area is 126 Å². The lowest BCUT2D eigenvalue weighted by atomic mass is 10.1. The second-order valence-corrected chi connectivity index (χ2v) is 4.53. The highest BCUT2D eigenvalue weighted by Crippen LogP contribution is 2.11. The van der Waals surface area contributed by atoms with Crippen LogP contribution in [0.3, 0.4) is 0 Å². The third-order valence-corrected chi connectivity index (χ3v) is 3.01. The molecule has 0 saturated heterocycles. The van der Waals surface area contributed by atoms with Crippen LogP contribution in [-0.2, 0) is 9.53 Å². The van der Waals surface area contributed by atoms with Crippen LogP contribution >= 0.6 is 0 Å². The van der Waals surface area contributed by atoms with Crippen LogP contribution in [0.4, 0.5) is 0 Å². The monoisotopic (exact) mass is 304 g/mol. The van der Waals surface area contributed by atoms with E-state index in [0.29, 0.717) is 5.56 Å². The molecule has 0 aliphatic heterocycles. The molecular formula is C14H16N4O4. The van der Waals surface area contributed by atoms with Crippen LogP contribution in [0.5, 0.6) is 0 Å². The summed E-state index contributed by atoms with van der Waals surface area (Å²) in [6.07, 6.45) is 3.10. The fraction of sp³-hybridized carbons (Fsp3) is 0.286. The van der Waals surface area contributed by atoms with Crippen molar-refractivity contribution in [3.05, 3.63) is 42.5 Å². The molecule has 1 heterocycles. The molecule has 8 nitrogen and oxygen atoms in total. The molecule has 0 aliphatic rings. The number of benzene rings is 1. The van der Waals surface area contributed by atoms with Gasteiger partial charge in [0.25, 0.3) is 5.91 Å². The van der Waals surface area contributed by atoms with Gasteiger partial charge in [-0.1, -0.05) is 0 Å². The molecule has 1 aromatic heterocycles. The Bertz CT molecular complexity index is 625. The summed E-state index contributed by atoms with van der Waals surface area (Å²) < 4.78 is 6.61. The predicted molar refractivity (Wildman–Crippen MR) is 76.8 cm³/mol. The Morgan fingerprint density at radius 1 is 1.23 bits per heavy atom. The SMILES string of the molecule is COCCN(CC(=O)O)C(=O)c1ccc(-n2cnnc2)cc1. The summed E-state index contributed by atoms with van der Waals surface area (Å²) >= 11 is 0. The second-order valence-electron chi connectivity index (χ2n) is 4.53. The van der Waals surface area contributed by atoms with Crippen molar-refractivity contribution in [3.8, 4) is 5.69 Å². The quantitative estimate of drug-likeness (QED) is 0.797. The predicted octanol–water partition coefficient (Wildman–Crippen LogP) is 0.440. The van der Waals surface area contributed by atoms with Crippen LogP contribution < -0.4 is 0 Å². The van der Waals surface area contributed by atoms with E-state index in [-0.39, 0.29) is 25.6 Å². The fourth-order valence-corrected chi connectivity index (χ4v) is 1.91. The molecule has 0 radical (unpaired) electrons. The summed E-state index contributed by atoms with van der Waals surface area (Å²) in [7, 11) is 1.50. The Balaban J connectivity index is 2.13. The van der Waals surface area contributed by atoms with E-state index in [2.05, 4.69) is 10.2 Å². The van der Waals surface area contributed by atoms with Gasteiger partial charge in [-0.15, -0.1) is 10.2 Å². The first-order valence-electron chi connectivity index (χ1n) is 6.57. The molecule has 22 heavy (non-hydrogen) atoms. The lowest BCUT2D eigenvalue weighted by Crippen LogP contribution is -2.38. The Kier molecular flexibility index (Phi) is 5.21. The van der Waals surface area contributed by atoms with E-state index in [1.54, 1.807) is 41.5 Å². The third kappa shape index (κ3) is 3.89. The summed E-state index contributed by atoms with van der Waals surface area (Å²) in [5, 5.41) is 16.3. The van der Waals surface area contributed by atoms with E-state index >= 15 is 0 Å². The molecule has 0 spiro atoms. The largest absolute Gasteiger partial charge is 0.480 e. The van der Waals surface area contributed by atoms with Crippen LogP contribution in [0.15, 0.2) is 36.9 Å². The number of rotatable bonds is 7. The number of hydrogen-bond acceptors (Lipinski definition) is 5. The summed E-state index contributed by atoms with van der Waals surface area (Å²) in [6.45, 7) is 0.127. The molecule has 0 unspecified atom stereocenters. The van der Waals surface area contributed by atoms with Crippen LogP contribution in [-0.4, -0.2) is 63.5 Å². The van der Waals surface area contributed by atoms with Crippen LogP contribution in [0.2, 0.25) is 0 Å². The minimum Gasteiger partial charge on any atom is -0.480 e. The fourth-order valence-electron chi connectivity index (χ4n) is 1.91. The molecular weight excluding hydrogens is 288 g/mol. The average Bonchev–Trinajstić information content (AvgIpc) is 3.05. The van der Waals surface area contributed by atoms with Crippen LogP contribution in [0.25, 0.3) is 5.69 Å².